The number of hydrogen-bond donors (Lipinski definition) is 0. The lowest BCUT2D eigenvalue weighted by atomic mass is 10.2. The summed E-state index contributed by atoms with van der Waals surface area (Å²) < 4.78 is 1.23. The molecule has 0 bridgehead atoms. The van der Waals surface area contributed by atoms with Gasteiger partial charge in [-0.1, -0.05) is 0 Å². The van der Waals surface area contributed by atoms with Gasteiger partial charge in [-0.05, 0) is 43.2 Å². The van der Waals surface area contributed by atoms with Crippen LogP contribution >= 0.6 is 0 Å². The molecule has 0 unspecified atom stereocenters. The number of carbonyl (C=O) groups excluding carboxylic acids is 1. The van der Waals surface area contributed by atoms with Crippen molar-refractivity contribution < 1.29 is 4.79 Å². The maximum absolute atomic E-state index is 12.8. The van der Waals surface area contributed by atoms with Crippen molar-refractivity contribution >= 4 is 11.7 Å². The van der Waals surface area contributed by atoms with Crippen molar-refractivity contribution in [3.63, 3.8) is 0 Å². The van der Waals surface area contributed by atoms with E-state index in [1.54, 1.807) is 23.4 Å². The third-order valence-electron chi connectivity index (χ3n) is 5.75. The summed E-state index contributed by atoms with van der Waals surface area (Å²) in [6.45, 7) is 2.44. The Morgan fingerprint density at radius 1 is 0.935 bits per heavy atom. The molecule has 0 spiro atoms. The van der Waals surface area contributed by atoms with Crippen LogP contribution in [0.1, 0.15) is 24.5 Å². The van der Waals surface area contributed by atoms with Crippen molar-refractivity contribution in [2.75, 3.05) is 31.1 Å². The zero-order valence-corrected chi connectivity index (χ0v) is 17.1. The summed E-state index contributed by atoms with van der Waals surface area (Å²) in [6.07, 6.45) is 5.75. The van der Waals surface area contributed by atoms with E-state index >= 15 is 0 Å². The van der Waals surface area contributed by atoms with E-state index < -0.39 is 0 Å². The van der Waals surface area contributed by atoms with Gasteiger partial charge in [0.2, 0.25) is 5.91 Å². The van der Waals surface area contributed by atoms with Gasteiger partial charge in [0.25, 0.3) is 5.56 Å². The molecule has 9 nitrogen and oxygen atoms in total. The monoisotopic (exact) mass is 417 g/mol. The van der Waals surface area contributed by atoms with Crippen LogP contribution in [0.3, 0.4) is 0 Å². The molecular formula is C22H23N7O2. The summed E-state index contributed by atoms with van der Waals surface area (Å²) >= 11 is 0. The van der Waals surface area contributed by atoms with Crippen molar-refractivity contribution in [2.24, 2.45) is 0 Å². The number of piperazine rings is 1. The summed E-state index contributed by atoms with van der Waals surface area (Å²) in [6, 6.07) is 10.8. The number of carbonyl (C=O) groups is 1. The van der Waals surface area contributed by atoms with Gasteiger partial charge >= 0.3 is 0 Å². The van der Waals surface area contributed by atoms with E-state index in [1.165, 1.54) is 23.6 Å². The lowest BCUT2D eigenvalue weighted by Gasteiger charge is -2.35. The Morgan fingerprint density at radius 3 is 2.39 bits per heavy atom. The molecule has 1 saturated heterocycles. The molecule has 1 aliphatic heterocycles. The number of amides is 1. The molecule has 0 N–H and O–H groups in total. The van der Waals surface area contributed by atoms with Crippen LogP contribution in [0.25, 0.3) is 11.3 Å². The van der Waals surface area contributed by atoms with Crippen molar-refractivity contribution in [3.05, 3.63) is 64.8 Å². The Kier molecular flexibility index (Phi) is 5.15. The van der Waals surface area contributed by atoms with Gasteiger partial charge in [-0.3, -0.25) is 14.6 Å². The SMILES string of the molecule is O=C(Cn1nc(-c2ccncc2)ccc1=O)N1CCN(c2ccc(C3CC3)nn2)CC1. The first kappa shape index (κ1) is 19.3. The van der Waals surface area contributed by atoms with Crippen LogP contribution in [-0.4, -0.2) is 61.9 Å². The van der Waals surface area contributed by atoms with Crippen molar-refractivity contribution in [2.45, 2.75) is 25.3 Å². The second-order valence-electron chi connectivity index (χ2n) is 7.91. The van der Waals surface area contributed by atoms with E-state index in [-0.39, 0.29) is 18.0 Å². The fourth-order valence-electron chi connectivity index (χ4n) is 3.75. The lowest BCUT2D eigenvalue weighted by Crippen LogP contribution is -2.50. The van der Waals surface area contributed by atoms with E-state index in [0.29, 0.717) is 37.8 Å². The quantitative estimate of drug-likeness (QED) is 0.618. The van der Waals surface area contributed by atoms with E-state index in [1.807, 2.05) is 18.2 Å². The van der Waals surface area contributed by atoms with Gasteiger partial charge in [-0.15, -0.1) is 5.10 Å². The first-order chi connectivity index (χ1) is 15.2. The van der Waals surface area contributed by atoms with E-state index in [2.05, 4.69) is 31.2 Å². The summed E-state index contributed by atoms with van der Waals surface area (Å²) in [5.74, 6) is 1.32. The second-order valence-corrected chi connectivity index (χ2v) is 7.91. The maximum Gasteiger partial charge on any atom is 0.267 e. The fourth-order valence-corrected chi connectivity index (χ4v) is 3.75. The number of hydrogen-bond acceptors (Lipinski definition) is 7. The zero-order chi connectivity index (χ0) is 21.2. The van der Waals surface area contributed by atoms with Gasteiger partial charge in [0.1, 0.15) is 6.54 Å². The average molecular weight is 417 g/mol. The molecule has 0 aromatic carbocycles. The third-order valence-corrected chi connectivity index (χ3v) is 5.75. The molecule has 2 aliphatic rings. The molecule has 1 saturated carbocycles. The van der Waals surface area contributed by atoms with Crippen molar-refractivity contribution in [1.29, 1.82) is 0 Å². The van der Waals surface area contributed by atoms with Crippen LogP contribution in [0.5, 0.6) is 0 Å². The second kappa shape index (κ2) is 8.25. The summed E-state index contributed by atoms with van der Waals surface area (Å²) in [7, 11) is 0. The molecule has 3 aromatic heterocycles. The van der Waals surface area contributed by atoms with Crippen molar-refractivity contribution in [1.82, 2.24) is 29.9 Å². The Bertz CT molecular complexity index is 1120. The number of anilines is 1. The molecule has 1 amide bonds. The van der Waals surface area contributed by atoms with Crippen LogP contribution in [0, 0.1) is 0 Å². The first-order valence-corrected chi connectivity index (χ1v) is 10.5. The minimum atomic E-state index is -0.296. The predicted octanol–water partition coefficient (Wildman–Crippen LogP) is 1.32. The molecule has 2 fully saturated rings. The molecule has 9 heteroatoms. The Hall–Kier alpha value is -3.62. The highest BCUT2D eigenvalue weighted by molar-refractivity contribution is 5.76. The molecule has 31 heavy (non-hydrogen) atoms. The largest absolute Gasteiger partial charge is 0.352 e. The summed E-state index contributed by atoms with van der Waals surface area (Å²) in [5.41, 5.74) is 2.26. The van der Waals surface area contributed by atoms with E-state index in [9.17, 15) is 9.59 Å². The third kappa shape index (κ3) is 4.30. The molecule has 5 rings (SSSR count). The Labute approximate surface area is 179 Å². The first-order valence-electron chi connectivity index (χ1n) is 10.5. The topological polar surface area (TPSA) is 97.1 Å². The van der Waals surface area contributed by atoms with Crippen molar-refractivity contribution in [3.8, 4) is 11.3 Å². The van der Waals surface area contributed by atoms with E-state index in [0.717, 1.165) is 17.1 Å². The average Bonchev–Trinajstić information content (AvgIpc) is 3.67. The minimum Gasteiger partial charge on any atom is -0.352 e. The van der Waals surface area contributed by atoms with Gasteiger partial charge in [0, 0.05) is 56.1 Å². The molecular weight excluding hydrogens is 394 g/mol. The molecule has 4 heterocycles. The molecule has 158 valence electrons. The Balaban J connectivity index is 1.21. The van der Waals surface area contributed by atoms with Gasteiger partial charge in [0.05, 0.1) is 11.4 Å². The highest BCUT2D eigenvalue weighted by Gasteiger charge is 2.26. The van der Waals surface area contributed by atoms with Gasteiger partial charge in [-0.25, -0.2) is 4.68 Å². The predicted molar refractivity (Wildman–Crippen MR) is 115 cm³/mol. The number of pyridine rings is 1. The summed E-state index contributed by atoms with van der Waals surface area (Å²) in [4.78, 5) is 32.9. The number of rotatable bonds is 5. The lowest BCUT2D eigenvalue weighted by molar-refractivity contribution is -0.132. The fraction of sp³-hybridized carbons (Fsp3) is 0.364. The Morgan fingerprint density at radius 2 is 1.71 bits per heavy atom. The molecule has 3 aromatic rings. The van der Waals surface area contributed by atoms with Crippen LogP contribution in [0.4, 0.5) is 5.82 Å². The van der Waals surface area contributed by atoms with Crippen LogP contribution in [0.15, 0.2) is 53.6 Å². The number of nitrogens with zero attached hydrogens (tertiary/aromatic N) is 7. The van der Waals surface area contributed by atoms with Gasteiger partial charge < -0.3 is 9.80 Å². The minimum absolute atomic E-state index is 0.0757. The van der Waals surface area contributed by atoms with Crippen LogP contribution in [0.2, 0.25) is 0 Å². The smallest absolute Gasteiger partial charge is 0.267 e. The normalized spacial score (nSPS) is 16.4. The molecule has 0 radical (unpaired) electrons. The number of aromatic nitrogens is 5. The summed E-state index contributed by atoms with van der Waals surface area (Å²) in [5, 5.41) is 13.1. The standard InChI is InChI=1S/C22H23N7O2/c30-21-6-4-19(17-7-9-23-10-8-17)26-29(21)15-22(31)28-13-11-27(12-14-28)20-5-3-18(24-25-20)16-1-2-16/h3-10,16H,1-2,11-15H2. The highest BCUT2D eigenvalue weighted by atomic mass is 16.2. The highest BCUT2D eigenvalue weighted by Crippen LogP contribution is 2.38. The van der Waals surface area contributed by atoms with Gasteiger partial charge in [0.15, 0.2) is 5.82 Å². The van der Waals surface area contributed by atoms with Crippen LogP contribution in [-0.2, 0) is 11.3 Å². The van der Waals surface area contributed by atoms with Gasteiger partial charge in [-0.2, -0.15) is 10.2 Å². The molecule has 1 aliphatic carbocycles. The van der Waals surface area contributed by atoms with E-state index in [4.69, 9.17) is 0 Å². The maximum atomic E-state index is 12.8. The molecule has 0 atom stereocenters. The zero-order valence-electron chi connectivity index (χ0n) is 17.1. The van der Waals surface area contributed by atoms with Crippen LogP contribution < -0.4 is 10.5 Å².